The summed E-state index contributed by atoms with van der Waals surface area (Å²) in [6.07, 6.45) is 10.9. The molecule has 0 saturated heterocycles. The molecule has 0 aromatic heterocycles. The van der Waals surface area contributed by atoms with Gasteiger partial charge in [-0.2, -0.15) is 30.3 Å². The molecular weight excluding hydrogens is 404 g/mol. The maximum Gasteiger partial charge on any atom is 0.108 e. The van der Waals surface area contributed by atoms with Crippen molar-refractivity contribution in [3.05, 3.63) is 60.2 Å². The van der Waals surface area contributed by atoms with Crippen molar-refractivity contribution in [2.75, 3.05) is 5.33 Å². The topological polar surface area (TPSA) is 17.1 Å². The Morgan fingerprint density at radius 2 is 1.29 bits per heavy atom. The summed E-state index contributed by atoms with van der Waals surface area (Å²) in [7, 11) is 0. The van der Waals surface area contributed by atoms with Crippen molar-refractivity contribution in [2.45, 2.75) is 57.8 Å². The van der Waals surface area contributed by atoms with E-state index in [4.69, 9.17) is 0 Å². The van der Waals surface area contributed by atoms with Crippen molar-refractivity contribution in [1.29, 1.82) is 0 Å². The van der Waals surface area contributed by atoms with E-state index in [9.17, 15) is 4.79 Å². The Labute approximate surface area is 166 Å². The van der Waals surface area contributed by atoms with E-state index in [-0.39, 0.29) is 17.1 Å². The van der Waals surface area contributed by atoms with Crippen LogP contribution in [0.1, 0.15) is 68.1 Å². The second-order valence-electron chi connectivity index (χ2n) is 5.83. The van der Waals surface area contributed by atoms with E-state index < -0.39 is 0 Å². The van der Waals surface area contributed by atoms with E-state index in [1.807, 2.05) is 54.6 Å². The van der Waals surface area contributed by atoms with Gasteiger partial charge in [-0.05, 0) is 19.3 Å². The van der Waals surface area contributed by atoms with Crippen LogP contribution in [0.3, 0.4) is 0 Å². The van der Waals surface area contributed by atoms with E-state index in [0.717, 1.165) is 17.3 Å². The number of hydrogen-bond acceptors (Lipinski definition) is 1. The summed E-state index contributed by atoms with van der Waals surface area (Å²) in [5, 5.41) is 1.14. The molecule has 24 heavy (non-hydrogen) atoms. The zero-order valence-electron chi connectivity index (χ0n) is 14.4. The molecule has 0 bridgehead atoms. The zero-order valence-corrected chi connectivity index (χ0v) is 17.1. The summed E-state index contributed by atoms with van der Waals surface area (Å²) in [6, 6.07) is 17.7. The maximum atomic E-state index is 11.7. The molecule has 0 spiro atoms. The monoisotopic (exact) mass is 432 g/mol. The number of alkyl halides is 1. The summed E-state index contributed by atoms with van der Waals surface area (Å²) >= 11 is 3.45. The van der Waals surface area contributed by atoms with Crippen LogP contribution in [0, 0.1) is 0 Å². The van der Waals surface area contributed by atoms with Gasteiger partial charge in [0.15, 0.2) is 0 Å². The minimum absolute atomic E-state index is 0. The summed E-state index contributed by atoms with van der Waals surface area (Å²) in [5.74, 6) is 0.303. The van der Waals surface area contributed by atoms with Crippen LogP contribution in [0.5, 0.6) is 0 Å². The van der Waals surface area contributed by atoms with Crippen molar-refractivity contribution in [2.24, 2.45) is 0 Å². The number of hydrogen-bond donors (Lipinski definition) is 0. The first kappa shape index (κ1) is 23.4. The molecule has 2 rings (SSSR count). The molecule has 0 unspecified atom stereocenters. The van der Waals surface area contributed by atoms with Crippen molar-refractivity contribution in [3.8, 4) is 0 Å². The number of rotatable bonds is 11. The van der Waals surface area contributed by atoms with Gasteiger partial charge in [0.25, 0.3) is 0 Å². The second kappa shape index (κ2) is 17.2. The first-order valence-corrected chi connectivity index (χ1v) is 9.94. The molecule has 2 aromatic carbocycles. The zero-order chi connectivity index (χ0) is 16.6. The van der Waals surface area contributed by atoms with Gasteiger partial charge in [0.2, 0.25) is 0 Å². The first-order valence-electron chi connectivity index (χ1n) is 8.82. The number of ketones is 1. The Morgan fingerprint density at radius 3 is 1.75 bits per heavy atom. The Bertz CT molecular complexity index is 445. The van der Waals surface area contributed by atoms with Gasteiger partial charge in [-0.25, -0.2) is 24.3 Å². The van der Waals surface area contributed by atoms with E-state index in [2.05, 4.69) is 15.9 Å². The van der Waals surface area contributed by atoms with Crippen LogP contribution in [-0.4, -0.2) is 11.1 Å². The Kier molecular flexibility index (Phi) is 16.7. The quantitative estimate of drug-likeness (QED) is 0.124. The number of carbonyl (C=O) groups excluding carboxylic acids is 1. The number of Topliss-reactive ketones (excluding diaryl/α,β-unsaturated/α-hetero) is 1. The van der Waals surface area contributed by atoms with E-state index in [1.165, 1.54) is 44.9 Å². The molecule has 1 nitrogen and oxygen atoms in total. The molecule has 3 heteroatoms. The maximum absolute atomic E-state index is 11.7. The molecule has 0 heterocycles. The van der Waals surface area contributed by atoms with Gasteiger partial charge in [0.1, 0.15) is 5.78 Å². The fraction of sp³-hybridized carbons (Fsp3) is 0.476. The van der Waals surface area contributed by atoms with Crippen LogP contribution in [0.25, 0.3) is 0 Å². The third-order valence-electron chi connectivity index (χ3n) is 3.83. The molecule has 0 aliphatic heterocycles. The smallest absolute Gasteiger partial charge is 0.108 e. The van der Waals surface area contributed by atoms with Gasteiger partial charge in [0, 0.05) is 22.4 Å². The molecule has 0 N–H and O–H groups in total. The molecule has 0 radical (unpaired) electrons. The van der Waals surface area contributed by atoms with Gasteiger partial charge in [0.05, 0.1) is 0 Å². The Morgan fingerprint density at radius 1 is 0.792 bits per heavy atom. The second-order valence-corrected chi connectivity index (χ2v) is 6.62. The number of carbonyl (C=O) groups is 1. The minimum atomic E-state index is 0. The van der Waals surface area contributed by atoms with Crippen LogP contribution in [0.2, 0.25) is 0 Å². The van der Waals surface area contributed by atoms with Crippen molar-refractivity contribution in [1.82, 2.24) is 0 Å². The molecular formula is C21H29BrFeO-2. The van der Waals surface area contributed by atoms with Crippen LogP contribution >= 0.6 is 15.9 Å². The van der Waals surface area contributed by atoms with Gasteiger partial charge >= 0.3 is 0 Å². The van der Waals surface area contributed by atoms with E-state index in [1.54, 1.807) is 0 Å². The van der Waals surface area contributed by atoms with Gasteiger partial charge in [-0.15, -0.1) is 0 Å². The first-order chi connectivity index (χ1) is 11.3. The van der Waals surface area contributed by atoms with Crippen molar-refractivity contribution in [3.63, 3.8) is 0 Å². The minimum Gasteiger partial charge on any atom is -0.309 e. The Hall–Kier alpha value is -0.631. The summed E-state index contributed by atoms with van der Waals surface area (Å²) in [4.78, 5) is 11.7. The number of halogens is 1. The molecule has 0 atom stereocenters. The third-order valence-corrected chi connectivity index (χ3v) is 4.39. The summed E-state index contributed by atoms with van der Waals surface area (Å²) in [6.45, 7) is 0. The molecule has 0 saturated carbocycles. The molecule has 0 aliphatic carbocycles. The normalized spacial score (nSPS) is 9.71. The van der Waals surface area contributed by atoms with Crippen LogP contribution in [-0.2, 0) is 17.1 Å². The van der Waals surface area contributed by atoms with Crippen molar-refractivity contribution >= 4 is 21.7 Å². The molecule has 2 aromatic rings. The fourth-order valence-electron chi connectivity index (χ4n) is 2.47. The van der Waals surface area contributed by atoms with Gasteiger partial charge < -0.3 is 4.79 Å². The number of unbranched alkanes of at least 4 members (excludes halogenated alkanes) is 7. The molecule has 0 amide bonds. The standard InChI is InChI=1S/C16H24BrO.C5H5.Fe/c17-14-10-6-4-2-1-3-5-7-13-16(18)15-11-8-9-12-15;1-2-4-5-3-1;/h8-9,11-12H,1-7,10,13-14H2;1-5H;/q2*-1;. The van der Waals surface area contributed by atoms with Crippen molar-refractivity contribution < 1.29 is 21.9 Å². The fourth-order valence-corrected chi connectivity index (χ4v) is 2.86. The van der Waals surface area contributed by atoms with Crippen LogP contribution in [0.4, 0.5) is 0 Å². The third kappa shape index (κ3) is 12.8. The predicted molar refractivity (Wildman–Crippen MR) is 104 cm³/mol. The average molecular weight is 433 g/mol. The molecule has 136 valence electrons. The SMILES string of the molecule is O=C(CCCCCCCCCCBr)[c-]1cccc1.[Fe].c1cc[cH-]c1. The average Bonchev–Trinajstić information content (AvgIpc) is 3.28. The molecule has 0 aliphatic rings. The van der Waals surface area contributed by atoms with Gasteiger partial charge in [-0.3, -0.25) is 0 Å². The Balaban J connectivity index is 0.000000751. The van der Waals surface area contributed by atoms with Gasteiger partial charge in [-0.1, -0.05) is 60.0 Å². The predicted octanol–water partition coefficient (Wildman–Crippen LogP) is 6.90. The van der Waals surface area contributed by atoms with E-state index in [0.29, 0.717) is 12.2 Å². The van der Waals surface area contributed by atoms with E-state index >= 15 is 0 Å². The van der Waals surface area contributed by atoms with Crippen LogP contribution in [0.15, 0.2) is 54.6 Å². The molecule has 0 fully saturated rings. The summed E-state index contributed by atoms with van der Waals surface area (Å²) < 4.78 is 0. The van der Waals surface area contributed by atoms with Crippen LogP contribution < -0.4 is 0 Å². The largest absolute Gasteiger partial charge is 0.309 e. The summed E-state index contributed by atoms with van der Waals surface area (Å²) in [5.41, 5.74) is 0.879.